The predicted molar refractivity (Wildman–Crippen MR) is 70.8 cm³/mol. The van der Waals surface area contributed by atoms with E-state index in [1.165, 1.54) is 36.2 Å². The molecule has 0 N–H and O–H groups in total. The van der Waals surface area contributed by atoms with Crippen molar-refractivity contribution in [2.24, 2.45) is 0 Å². The van der Waals surface area contributed by atoms with E-state index in [1.807, 2.05) is 0 Å². The lowest BCUT2D eigenvalue weighted by Gasteiger charge is -2.05. The van der Waals surface area contributed by atoms with Crippen LogP contribution in [0.4, 0.5) is 5.82 Å². The number of hydrogen-bond acceptors (Lipinski definition) is 5. The fourth-order valence-corrected chi connectivity index (χ4v) is 1.88. The van der Waals surface area contributed by atoms with E-state index >= 15 is 0 Å². The number of aromatic nitrogens is 2. The van der Waals surface area contributed by atoms with E-state index in [1.54, 1.807) is 6.07 Å². The van der Waals surface area contributed by atoms with Crippen molar-refractivity contribution in [3.63, 3.8) is 0 Å². The fraction of sp³-hybridized carbons (Fsp3) is 0.167. The molecule has 0 bridgehead atoms. The van der Waals surface area contributed by atoms with Crippen LogP contribution in [0.5, 0.6) is 0 Å². The smallest absolute Gasteiger partial charge is 0.345 e. The fourth-order valence-electron chi connectivity index (χ4n) is 1.70. The van der Waals surface area contributed by atoms with E-state index in [2.05, 4.69) is 9.84 Å². The second kappa shape index (κ2) is 5.70. The first kappa shape index (κ1) is 14.0. The van der Waals surface area contributed by atoms with E-state index < -0.39 is 10.9 Å². The van der Waals surface area contributed by atoms with Crippen molar-refractivity contribution in [2.75, 3.05) is 7.11 Å². The lowest BCUT2D eigenvalue weighted by atomic mass is 10.1. The Labute approximate surface area is 118 Å². The molecule has 0 spiro atoms. The van der Waals surface area contributed by atoms with Gasteiger partial charge in [0.1, 0.15) is 6.54 Å². The Morgan fingerprint density at radius 1 is 1.50 bits per heavy atom. The Morgan fingerprint density at radius 3 is 2.90 bits per heavy atom. The molecule has 20 heavy (non-hydrogen) atoms. The minimum atomic E-state index is -0.537. The van der Waals surface area contributed by atoms with E-state index in [4.69, 9.17) is 11.6 Å². The molecule has 0 atom stereocenters. The maximum atomic E-state index is 11.5. The summed E-state index contributed by atoms with van der Waals surface area (Å²) in [6.45, 7) is 0.0903. The lowest BCUT2D eigenvalue weighted by molar-refractivity contribution is -0.392. The first-order valence-corrected chi connectivity index (χ1v) is 5.93. The molecule has 1 aromatic carbocycles. The Balaban J connectivity index is 2.35. The summed E-state index contributed by atoms with van der Waals surface area (Å²) in [5.74, 6) is -0.651. The summed E-state index contributed by atoms with van der Waals surface area (Å²) in [5, 5.41) is 15.1. The number of rotatable bonds is 4. The van der Waals surface area contributed by atoms with Crippen LogP contribution in [-0.4, -0.2) is 27.8 Å². The topological polar surface area (TPSA) is 87.3 Å². The molecular weight excluding hydrogens is 286 g/mol. The van der Waals surface area contributed by atoms with Crippen molar-refractivity contribution in [1.29, 1.82) is 0 Å². The molecule has 2 rings (SSSR count). The molecule has 8 heteroatoms. The van der Waals surface area contributed by atoms with Crippen LogP contribution in [0.15, 0.2) is 30.5 Å². The lowest BCUT2D eigenvalue weighted by Crippen LogP contribution is -2.08. The van der Waals surface area contributed by atoms with Crippen molar-refractivity contribution in [3.05, 3.63) is 56.7 Å². The van der Waals surface area contributed by atoms with Gasteiger partial charge in [0.25, 0.3) is 0 Å². The van der Waals surface area contributed by atoms with Gasteiger partial charge in [0.05, 0.1) is 24.9 Å². The number of halogens is 1. The molecule has 0 fully saturated rings. The van der Waals surface area contributed by atoms with Crippen molar-refractivity contribution in [3.8, 4) is 0 Å². The van der Waals surface area contributed by atoms with Crippen molar-refractivity contribution >= 4 is 23.4 Å². The van der Waals surface area contributed by atoms with Gasteiger partial charge in [0.15, 0.2) is 0 Å². The number of nitrogens with zero attached hydrogens (tertiary/aromatic N) is 3. The molecule has 0 aliphatic heterocycles. The molecule has 0 unspecified atom stereocenters. The first-order chi connectivity index (χ1) is 9.52. The minimum Gasteiger partial charge on any atom is -0.465 e. The maximum absolute atomic E-state index is 11.5. The van der Waals surface area contributed by atoms with Crippen LogP contribution in [0.1, 0.15) is 15.9 Å². The normalized spacial score (nSPS) is 10.3. The van der Waals surface area contributed by atoms with Crippen LogP contribution in [0.2, 0.25) is 5.02 Å². The number of nitro groups is 1. The summed E-state index contributed by atoms with van der Waals surface area (Å²) < 4.78 is 5.81. The second-order valence-corrected chi connectivity index (χ2v) is 4.31. The summed E-state index contributed by atoms with van der Waals surface area (Å²) in [7, 11) is 1.27. The molecule has 7 nitrogen and oxygen atoms in total. The van der Waals surface area contributed by atoms with Gasteiger partial charge >= 0.3 is 11.8 Å². The van der Waals surface area contributed by atoms with E-state index in [0.29, 0.717) is 16.1 Å². The number of benzene rings is 1. The molecule has 0 aliphatic carbocycles. The predicted octanol–water partition coefficient (Wildman–Crippen LogP) is 2.28. The molecule has 0 aliphatic rings. The average molecular weight is 296 g/mol. The minimum absolute atomic E-state index is 0.0903. The molecule has 2 aromatic rings. The summed E-state index contributed by atoms with van der Waals surface area (Å²) in [5.41, 5.74) is 0.864. The Hall–Kier alpha value is -2.41. The molecule has 0 radical (unpaired) electrons. The highest BCUT2D eigenvalue weighted by Crippen LogP contribution is 2.21. The number of esters is 1. The van der Waals surface area contributed by atoms with Crippen LogP contribution in [0.3, 0.4) is 0 Å². The molecule has 1 heterocycles. The standard InChI is InChI=1S/C12H10ClN3O4/c1-20-12(17)8-2-3-10(13)9(6-8)7-15-11(16(18)19)4-5-14-15/h2-6H,7H2,1H3. The highest BCUT2D eigenvalue weighted by molar-refractivity contribution is 6.31. The van der Waals surface area contributed by atoms with Gasteiger partial charge in [-0.3, -0.25) is 0 Å². The third-order valence-electron chi connectivity index (χ3n) is 2.67. The van der Waals surface area contributed by atoms with E-state index in [0.717, 1.165) is 0 Å². The number of carbonyl (C=O) groups excluding carboxylic acids is 1. The van der Waals surface area contributed by atoms with Gasteiger partial charge in [0.2, 0.25) is 0 Å². The molecule has 104 valence electrons. The highest BCUT2D eigenvalue weighted by Gasteiger charge is 2.17. The summed E-state index contributed by atoms with van der Waals surface area (Å²) in [4.78, 5) is 21.7. The SMILES string of the molecule is COC(=O)c1ccc(Cl)c(Cn2nccc2[N+](=O)[O-])c1. The van der Waals surface area contributed by atoms with Crippen LogP contribution in [-0.2, 0) is 11.3 Å². The average Bonchev–Trinajstić information content (AvgIpc) is 2.88. The van der Waals surface area contributed by atoms with Crippen LogP contribution in [0, 0.1) is 10.1 Å². The third kappa shape index (κ3) is 2.77. The molecule has 0 amide bonds. The van der Waals surface area contributed by atoms with Gasteiger partial charge in [-0.1, -0.05) is 16.7 Å². The van der Waals surface area contributed by atoms with Gasteiger partial charge < -0.3 is 14.9 Å². The summed E-state index contributed by atoms with van der Waals surface area (Å²) >= 11 is 6.03. The summed E-state index contributed by atoms with van der Waals surface area (Å²) in [6.07, 6.45) is 1.33. The van der Waals surface area contributed by atoms with E-state index in [-0.39, 0.29) is 12.4 Å². The Kier molecular flexibility index (Phi) is 3.99. The highest BCUT2D eigenvalue weighted by atomic mass is 35.5. The second-order valence-electron chi connectivity index (χ2n) is 3.90. The zero-order valence-electron chi connectivity index (χ0n) is 10.4. The Morgan fingerprint density at radius 2 is 2.25 bits per heavy atom. The zero-order chi connectivity index (χ0) is 14.7. The molecule has 0 saturated carbocycles. The van der Waals surface area contributed by atoms with Gasteiger partial charge in [0, 0.05) is 10.6 Å². The van der Waals surface area contributed by atoms with Crippen LogP contribution < -0.4 is 0 Å². The number of carbonyl (C=O) groups is 1. The third-order valence-corrected chi connectivity index (χ3v) is 3.04. The van der Waals surface area contributed by atoms with Gasteiger partial charge in [-0.2, -0.15) is 0 Å². The van der Waals surface area contributed by atoms with Crippen molar-refractivity contribution in [2.45, 2.75) is 6.54 Å². The maximum Gasteiger partial charge on any atom is 0.345 e. The quantitative estimate of drug-likeness (QED) is 0.490. The number of ether oxygens (including phenoxy) is 1. The van der Waals surface area contributed by atoms with Crippen molar-refractivity contribution in [1.82, 2.24) is 9.78 Å². The number of hydrogen-bond donors (Lipinski definition) is 0. The first-order valence-electron chi connectivity index (χ1n) is 5.56. The van der Waals surface area contributed by atoms with Gasteiger partial charge in [-0.15, -0.1) is 4.68 Å². The number of methoxy groups -OCH3 is 1. The molecule has 0 saturated heterocycles. The van der Waals surface area contributed by atoms with Gasteiger partial charge in [-0.05, 0) is 23.1 Å². The Bertz CT molecular complexity index is 668. The summed E-state index contributed by atoms with van der Waals surface area (Å²) in [6, 6.07) is 5.88. The van der Waals surface area contributed by atoms with Crippen molar-refractivity contribution < 1.29 is 14.5 Å². The monoisotopic (exact) mass is 295 g/mol. The van der Waals surface area contributed by atoms with Crippen LogP contribution in [0.25, 0.3) is 0 Å². The van der Waals surface area contributed by atoms with Gasteiger partial charge in [-0.25, -0.2) is 4.79 Å². The molecule has 1 aromatic heterocycles. The molecular formula is C12H10ClN3O4. The largest absolute Gasteiger partial charge is 0.465 e. The zero-order valence-corrected chi connectivity index (χ0v) is 11.2. The van der Waals surface area contributed by atoms with E-state index in [9.17, 15) is 14.9 Å². The van der Waals surface area contributed by atoms with Crippen LogP contribution >= 0.6 is 11.6 Å².